The van der Waals surface area contributed by atoms with Crippen LogP contribution in [0, 0.1) is 0 Å². The summed E-state index contributed by atoms with van der Waals surface area (Å²) >= 11 is 0. The van der Waals surface area contributed by atoms with Crippen molar-refractivity contribution in [1.82, 2.24) is 0 Å². The summed E-state index contributed by atoms with van der Waals surface area (Å²) < 4.78 is 0. The molecule has 0 aromatic carbocycles. The summed E-state index contributed by atoms with van der Waals surface area (Å²) in [6, 6.07) is 0. The molecule has 0 bridgehead atoms. The van der Waals surface area contributed by atoms with E-state index in [0.717, 1.165) is 0 Å². The molecule has 0 saturated heterocycles. The lowest BCUT2D eigenvalue weighted by Crippen LogP contribution is -2.41. The zero-order chi connectivity index (χ0) is 8.85. The summed E-state index contributed by atoms with van der Waals surface area (Å²) in [5.41, 5.74) is 0. The van der Waals surface area contributed by atoms with E-state index in [1.807, 2.05) is 0 Å². The Kier molecular flexibility index (Phi) is 4.92. The van der Waals surface area contributed by atoms with Crippen molar-refractivity contribution in [2.24, 2.45) is 0 Å². The van der Waals surface area contributed by atoms with E-state index >= 15 is 0 Å². The SMILES string of the molecule is O=C[C@@H](OO)[C@H](O)[C@H](O)CO. The van der Waals surface area contributed by atoms with E-state index in [2.05, 4.69) is 4.89 Å². The Balaban J connectivity index is 3.96. The van der Waals surface area contributed by atoms with Gasteiger partial charge >= 0.3 is 0 Å². The van der Waals surface area contributed by atoms with Crippen molar-refractivity contribution < 1.29 is 30.3 Å². The van der Waals surface area contributed by atoms with Crippen LogP contribution < -0.4 is 0 Å². The lowest BCUT2D eigenvalue weighted by atomic mass is 10.1. The first-order chi connectivity index (χ1) is 5.17. The minimum absolute atomic E-state index is 0.115. The molecule has 0 fully saturated rings. The number of carbonyl (C=O) groups is 1. The molecule has 0 aliphatic heterocycles. The van der Waals surface area contributed by atoms with E-state index in [9.17, 15) is 4.79 Å². The fraction of sp³-hybridized carbons (Fsp3) is 0.800. The van der Waals surface area contributed by atoms with Crippen molar-refractivity contribution in [3.8, 4) is 0 Å². The van der Waals surface area contributed by atoms with Crippen LogP contribution in [0.15, 0.2) is 0 Å². The molecule has 0 aromatic heterocycles. The number of hydrogen-bond acceptors (Lipinski definition) is 6. The predicted molar refractivity (Wildman–Crippen MR) is 32.7 cm³/mol. The van der Waals surface area contributed by atoms with Gasteiger partial charge in [0.25, 0.3) is 0 Å². The van der Waals surface area contributed by atoms with Gasteiger partial charge in [0.15, 0.2) is 12.4 Å². The molecule has 0 aliphatic carbocycles. The highest BCUT2D eigenvalue weighted by Gasteiger charge is 2.26. The fourth-order valence-corrected chi connectivity index (χ4v) is 0.495. The summed E-state index contributed by atoms with van der Waals surface area (Å²) in [5, 5.41) is 33.8. The number of aldehydes is 1. The van der Waals surface area contributed by atoms with Gasteiger partial charge in [-0.3, -0.25) is 5.26 Å². The predicted octanol–water partition coefficient (Wildman–Crippen LogP) is -2.24. The van der Waals surface area contributed by atoms with Gasteiger partial charge in [-0.05, 0) is 0 Å². The molecule has 3 atom stereocenters. The third kappa shape index (κ3) is 2.91. The molecule has 0 radical (unpaired) electrons. The summed E-state index contributed by atoms with van der Waals surface area (Å²) in [5.74, 6) is 0. The van der Waals surface area contributed by atoms with Crippen LogP contribution >= 0.6 is 0 Å². The normalized spacial score (nSPS) is 18.9. The Morgan fingerprint density at radius 3 is 2.27 bits per heavy atom. The summed E-state index contributed by atoms with van der Waals surface area (Å²) in [4.78, 5) is 13.5. The highest BCUT2D eigenvalue weighted by Crippen LogP contribution is 2.00. The molecule has 11 heavy (non-hydrogen) atoms. The van der Waals surface area contributed by atoms with Gasteiger partial charge < -0.3 is 20.1 Å². The second-order valence-corrected chi connectivity index (χ2v) is 1.95. The van der Waals surface area contributed by atoms with Gasteiger partial charge in [-0.2, -0.15) is 0 Å². The molecular formula is C5H10O6. The van der Waals surface area contributed by atoms with Crippen LogP contribution in [0.1, 0.15) is 0 Å². The third-order valence-corrected chi connectivity index (χ3v) is 1.17. The van der Waals surface area contributed by atoms with Crippen LogP contribution in [-0.4, -0.2) is 51.8 Å². The van der Waals surface area contributed by atoms with E-state index < -0.39 is 24.9 Å². The van der Waals surface area contributed by atoms with Crippen LogP contribution in [0.4, 0.5) is 0 Å². The van der Waals surface area contributed by atoms with Crippen molar-refractivity contribution in [3.05, 3.63) is 0 Å². The topological polar surface area (TPSA) is 107 Å². The Hall–Kier alpha value is -0.530. The van der Waals surface area contributed by atoms with Crippen molar-refractivity contribution in [3.63, 3.8) is 0 Å². The minimum atomic E-state index is -1.62. The maximum absolute atomic E-state index is 9.96. The average Bonchev–Trinajstić information content (AvgIpc) is 2.05. The first-order valence-electron chi connectivity index (χ1n) is 2.89. The lowest BCUT2D eigenvalue weighted by Gasteiger charge is -2.18. The smallest absolute Gasteiger partial charge is 0.176 e. The van der Waals surface area contributed by atoms with E-state index in [4.69, 9.17) is 20.6 Å². The Bertz CT molecular complexity index is 116. The number of hydrogen-bond donors (Lipinski definition) is 4. The van der Waals surface area contributed by atoms with E-state index in [-0.39, 0.29) is 6.29 Å². The first kappa shape index (κ1) is 10.5. The summed E-state index contributed by atoms with van der Waals surface area (Å²) in [6.07, 6.45) is -4.54. The number of carbonyl (C=O) groups excluding carboxylic acids is 1. The van der Waals surface area contributed by atoms with Gasteiger partial charge in [0.05, 0.1) is 6.61 Å². The van der Waals surface area contributed by atoms with Gasteiger partial charge in [-0.15, -0.1) is 0 Å². The highest BCUT2D eigenvalue weighted by molar-refractivity contribution is 5.57. The standard InChI is InChI=1S/C5H10O6/c6-1-3(8)5(9)4(2-7)11-10/h2-6,8-10H,1H2/t3-,4-,5-/m1/s1. The Morgan fingerprint density at radius 1 is 1.45 bits per heavy atom. The van der Waals surface area contributed by atoms with Crippen molar-refractivity contribution in [2.75, 3.05) is 6.61 Å². The molecule has 0 aliphatic rings. The Labute approximate surface area is 62.6 Å². The van der Waals surface area contributed by atoms with Gasteiger partial charge in [-0.25, -0.2) is 4.89 Å². The fourth-order valence-electron chi connectivity index (χ4n) is 0.495. The maximum Gasteiger partial charge on any atom is 0.176 e. The minimum Gasteiger partial charge on any atom is -0.394 e. The molecule has 0 spiro atoms. The molecule has 0 saturated carbocycles. The van der Waals surface area contributed by atoms with Crippen LogP contribution in [0.3, 0.4) is 0 Å². The number of aliphatic hydroxyl groups is 3. The first-order valence-corrected chi connectivity index (χ1v) is 2.89. The Morgan fingerprint density at radius 2 is 2.00 bits per heavy atom. The quantitative estimate of drug-likeness (QED) is 0.209. The number of rotatable bonds is 5. The van der Waals surface area contributed by atoms with Crippen molar-refractivity contribution >= 4 is 6.29 Å². The molecule has 6 heteroatoms. The average molecular weight is 166 g/mol. The van der Waals surface area contributed by atoms with Crippen LogP contribution in [-0.2, 0) is 9.68 Å². The van der Waals surface area contributed by atoms with Crippen molar-refractivity contribution in [2.45, 2.75) is 18.3 Å². The van der Waals surface area contributed by atoms with Crippen LogP contribution in [0.2, 0.25) is 0 Å². The summed E-state index contributed by atoms with van der Waals surface area (Å²) in [6.45, 7) is -0.713. The van der Waals surface area contributed by atoms with E-state index in [0.29, 0.717) is 0 Å². The highest BCUT2D eigenvalue weighted by atomic mass is 17.1. The van der Waals surface area contributed by atoms with Gasteiger partial charge in [-0.1, -0.05) is 0 Å². The molecule has 4 N–H and O–H groups in total. The van der Waals surface area contributed by atoms with Gasteiger partial charge in [0.2, 0.25) is 0 Å². The van der Waals surface area contributed by atoms with Gasteiger partial charge in [0.1, 0.15) is 12.2 Å². The van der Waals surface area contributed by atoms with Crippen LogP contribution in [0.25, 0.3) is 0 Å². The number of aliphatic hydroxyl groups excluding tert-OH is 3. The molecule has 0 aromatic rings. The van der Waals surface area contributed by atoms with Gasteiger partial charge in [0, 0.05) is 0 Å². The lowest BCUT2D eigenvalue weighted by molar-refractivity contribution is -0.291. The summed E-state index contributed by atoms with van der Waals surface area (Å²) in [7, 11) is 0. The van der Waals surface area contributed by atoms with Crippen LogP contribution in [0.5, 0.6) is 0 Å². The van der Waals surface area contributed by atoms with Crippen molar-refractivity contribution in [1.29, 1.82) is 0 Å². The molecule has 0 unspecified atom stereocenters. The second kappa shape index (κ2) is 5.16. The maximum atomic E-state index is 9.96. The largest absolute Gasteiger partial charge is 0.394 e. The molecule has 66 valence electrons. The third-order valence-electron chi connectivity index (χ3n) is 1.17. The molecular weight excluding hydrogens is 156 g/mol. The monoisotopic (exact) mass is 166 g/mol. The second-order valence-electron chi connectivity index (χ2n) is 1.95. The molecule has 0 amide bonds. The molecule has 0 rings (SSSR count). The zero-order valence-corrected chi connectivity index (χ0v) is 5.62. The molecule has 0 heterocycles. The molecule has 6 nitrogen and oxygen atoms in total. The van der Waals surface area contributed by atoms with E-state index in [1.165, 1.54) is 0 Å². The zero-order valence-electron chi connectivity index (χ0n) is 5.62. The van der Waals surface area contributed by atoms with E-state index in [1.54, 1.807) is 0 Å².